The molecule has 1 fully saturated rings. The number of nitrogens with one attached hydrogen (secondary N) is 1. The van der Waals surface area contributed by atoms with Crippen molar-refractivity contribution in [1.29, 1.82) is 0 Å². The van der Waals surface area contributed by atoms with E-state index in [0.717, 1.165) is 44.6 Å². The third kappa shape index (κ3) is 5.15. The van der Waals surface area contributed by atoms with Gasteiger partial charge >= 0.3 is 5.69 Å². The van der Waals surface area contributed by atoms with E-state index in [0.29, 0.717) is 19.6 Å². The van der Waals surface area contributed by atoms with E-state index in [1.807, 2.05) is 23.1 Å². The van der Waals surface area contributed by atoms with Crippen LogP contribution in [0.4, 0.5) is 5.69 Å². The fourth-order valence-corrected chi connectivity index (χ4v) is 4.24. The lowest BCUT2D eigenvalue weighted by molar-refractivity contribution is -0.131. The molecule has 0 radical (unpaired) electrons. The maximum Gasteiger partial charge on any atom is 0.346 e. The summed E-state index contributed by atoms with van der Waals surface area (Å²) in [5.41, 5.74) is 0.952. The molecule has 0 aliphatic carbocycles. The lowest BCUT2D eigenvalue weighted by Gasteiger charge is -2.36. The van der Waals surface area contributed by atoms with E-state index in [1.54, 1.807) is 4.57 Å². The van der Waals surface area contributed by atoms with Crippen LogP contribution in [0.15, 0.2) is 35.1 Å². The van der Waals surface area contributed by atoms with Crippen molar-refractivity contribution in [2.45, 2.75) is 45.2 Å². The van der Waals surface area contributed by atoms with Crippen molar-refractivity contribution >= 4 is 17.5 Å². The van der Waals surface area contributed by atoms with Crippen LogP contribution in [0.1, 0.15) is 31.5 Å². The summed E-state index contributed by atoms with van der Waals surface area (Å²) >= 11 is 0. The van der Waals surface area contributed by atoms with Gasteiger partial charge in [-0.25, -0.2) is 9.48 Å². The molecular weight excluding hydrogens is 396 g/mol. The van der Waals surface area contributed by atoms with E-state index in [1.165, 1.54) is 10.4 Å². The number of rotatable bonds is 6. The van der Waals surface area contributed by atoms with Crippen molar-refractivity contribution in [2.75, 3.05) is 37.6 Å². The fraction of sp³-hybridized carbons (Fsp3) is 0.545. The van der Waals surface area contributed by atoms with E-state index >= 15 is 0 Å². The van der Waals surface area contributed by atoms with E-state index in [9.17, 15) is 14.4 Å². The van der Waals surface area contributed by atoms with Crippen LogP contribution in [0, 0.1) is 0 Å². The molecule has 3 heterocycles. The summed E-state index contributed by atoms with van der Waals surface area (Å²) in [5, 5.41) is 7.08. The van der Waals surface area contributed by atoms with Gasteiger partial charge in [-0.05, 0) is 25.0 Å². The molecule has 1 N–H and O–H groups in total. The molecule has 1 saturated heterocycles. The van der Waals surface area contributed by atoms with Crippen LogP contribution < -0.4 is 15.9 Å². The van der Waals surface area contributed by atoms with Gasteiger partial charge in [-0.2, -0.15) is 5.10 Å². The molecule has 0 spiro atoms. The van der Waals surface area contributed by atoms with Gasteiger partial charge in [0.2, 0.25) is 11.8 Å². The van der Waals surface area contributed by atoms with Crippen LogP contribution in [-0.4, -0.2) is 63.8 Å². The molecule has 1 aromatic carbocycles. The number of fused-ring (bicyclic) bond motifs is 1. The highest BCUT2D eigenvalue weighted by atomic mass is 16.2. The number of nitrogens with zero attached hydrogens (tertiary/aromatic N) is 5. The molecular formula is C22H30N6O3. The second-order valence-electron chi connectivity index (χ2n) is 8.12. The third-order valence-electron chi connectivity index (χ3n) is 5.99. The molecule has 4 rings (SSSR count). The number of benzene rings is 1. The number of carbonyl (C=O) groups excluding carboxylic acids is 2. The predicted octanol–water partition coefficient (Wildman–Crippen LogP) is 0.626. The van der Waals surface area contributed by atoms with Crippen LogP contribution in [0.25, 0.3) is 0 Å². The highest BCUT2D eigenvalue weighted by Crippen LogP contribution is 2.15. The maximum atomic E-state index is 12.5. The molecule has 9 heteroatoms. The summed E-state index contributed by atoms with van der Waals surface area (Å²) in [6.45, 7) is 3.78. The van der Waals surface area contributed by atoms with Gasteiger partial charge in [0.15, 0.2) is 0 Å². The lowest BCUT2D eigenvalue weighted by atomic mass is 10.2. The Balaban J connectivity index is 1.20. The Labute approximate surface area is 181 Å². The Morgan fingerprint density at radius 3 is 2.52 bits per heavy atom. The highest BCUT2D eigenvalue weighted by molar-refractivity contribution is 5.79. The largest absolute Gasteiger partial charge is 0.368 e. The molecule has 2 amide bonds. The average Bonchev–Trinajstić information content (AvgIpc) is 2.95. The van der Waals surface area contributed by atoms with Crippen molar-refractivity contribution in [3.63, 3.8) is 0 Å². The summed E-state index contributed by atoms with van der Waals surface area (Å²) in [6.07, 6.45) is 4.11. The number of aromatic nitrogens is 3. The topological polar surface area (TPSA) is 92.5 Å². The first kappa shape index (κ1) is 21.1. The van der Waals surface area contributed by atoms with E-state index in [2.05, 4.69) is 27.4 Å². The number of hydrogen-bond acceptors (Lipinski definition) is 5. The number of anilines is 1. The first-order valence-corrected chi connectivity index (χ1v) is 11.1. The van der Waals surface area contributed by atoms with Gasteiger partial charge in [0.1, 0.15) is 12.4 Å². The summed E-state index contributed by atoms with van der Waals surface area (Å²) in [5.74, 6) is 0.510. The summed E-state index contributed by atoms with van der Waals surface area (Å²) in [4.78, 5) is 41.3. The van der Waals surface area contributed by atoms with Crippen molar-refractivity contribution in [3.8, 4) is 0 Å². The van der Waals surface area contributed by atoms with Crippen LogP contribution >= 0.6 is 0 Å². The predicted molar refractivity (Wildman–Crippen MR) is 117 cm³/mol. The molecule has 2 aliphatic heterocycles. The average molecular weight is 427 g/mol. The fourth-order valence-electron chi connectivity index (χ4n) is 4.24. The number of carbonyl (C=O) groups is 2. The molecule has 0 bridgehead atoms. The number of piperazine rings is 1. The van der Waals surface area contributed by atoms with Gasteiger partial charge in [-0.15, -0.1) is 0 Å². The van der Waals surface area contributed by atoms with Gasteiger partial charge in [0.05, 0.1) is 0 Å². The standard InChI is InChI=1S/C22H30N6O3/c29-20(17-28-22(31)27-12-6-2-5-9-19(27)24-28)23-11-10-21(30)26-15-13-25(14-16-26)18-7-3-1-4-8-18/h1,3-4,7-8H,2,5-6,9-17H2,(H,23,29). The van der Waals surface area contributed by atoms with E-state index in [-0.39, 0.29) is 37.0 Å². The Kier molecular flexibility index (Phi) is 6.69. The van der Waals surface area contributed by atoms with Crippen molar-refractivity contribution in [2.24, 2.45) is 0 Å². The number of hydrogen-bond donors (Lipinski definition) is 1. The summed E-state index contributed by atoms with van der Waals surface area (Å²) in [6, 6.07) is 10.2. The molecule has 0 saturated carbocycles. The highest BCUT2D eigenvalue weighted by Gasteiger charge is 2.21. The van der Waals surface area contributed by atoms with Crippen LogP contribution in [0.2, 0.25) is 0 Å². The molecule has 9 nitrogen and oxygen atoms in total. The zero-order chi connectivity index (χ0) is 21.6. The van der Waals surface area contributed by atoms with Crippen LogP contribution in [0.3, 0.4) is 0 Å². The quantitative estimate of drug-likeness (QED) is 0.731. The van der Waals surface area contributed by atoms with Gasteiger partial charge < -0.3 is 15.1 Å². The summed E-state index contributed by atoms with van der Waals surface area (Å²) < 4.78 is 2.92. The molecule has 2 aromatic rings. The van der Waals surface area contributed by atoms with Gasteiger partial charge in [0.25, 0.3) is 0 Å². The Bertz CT molecular complexity index is 959. The first-order chi connectivity index (χ1) is 15.1. The molecule has 0 unspecified atom stereocenters. The zero-order valence-corrected chi connectivity index (χ0v) is 17.8. The number of aryl methyl sites for hydroxylation is 1. The van der Waals surface area contributed by atoms with Crippen LogP contribution in [0.5, 0.6) is 0 Å². The van der Waals surface area contributed by atoms with Gasteiger partial charge in [0, 0.05) is 57.8 Å². The Hall–Kier alpha value is -3.10. The molecule has 2 aliphatic rings. The zero-order valence-electron chi connectivity index (χ0n) is 17.8. The maximum absolute atomic E-state index is 12.5. The SMILES string of the molecule is O=C(Cn1nc2n(c1=O)CCCCC2)NCCC(=O)N1CCN(c2ccccc2)CC1. The number of para-hydroxylation sites is 1. The lowest BCUT2D eigenvalue weighted by Crippen LogP contribution is -2.49. The van der Waals surface area contributed by atoms with Gasteiger partial charge in [-0.3, -0.25) is 14.2 Å². The Morgan fingerprint density at radius 2 is 1.74 bits per heavy atom. The smallest absolute Gasteiger partial charge is 0.346 e. The van der Waals surface area contributed by atoms with Crippen molar-refractivity contribution < 1.29 is 9.59 Å². The molecule has 166 valence electrons. The van der Waals surface area contributed by atoms with Gasteiger partial charge in [-0.1, -0.05) is 24.6 Å². The second-order valence-corrected chi connectivity index (χ2v) is 8.12. The normalized spacial score (nSPS) is 16.5. The minimum atomic E-state index is -0.294. The van der Waals surface area contributed by atoms with Crippen molar-refractivity contribution in [3.05, 3.63) is 46.6 Å². The molecule has 0 atom stereocenters. The van der Waals surface area contributed by atoms with Crippen LogP contribution in [-0.2, 0) is 29.1 Å². The van der Waals surface area contributed by atoms with E-state index in [4.69, 9.17) is 0 Å². The molecule has 31 heavy (non-hydrogen) atoms. The monoisotopic (exact) mass is 426 g/mol. The minimum Gasteiger partial charge on any atom is -0.368 e. The number of amides is 2. The second kappa shape index (κ2) is 9.80. The first-order valence-electron chi connectivity index (χ1n) is 11.1. The van der Waals surface area contributed by atoms with E-state index < -0.39 is 0 Å². The third-order valence-corrected chi connectivity index (χ3v) is 5.99. The Morgan fingerprint density at radius 1 is 0.968 bits per heavy atom. The summed E-state index contributed by atoms with van der Waals surface area (Å²) in [7, 11) is 0. The van der Waals surface area contributed by atoms with Crippen molar-refractivity contribution in [1.82, 2.24) is 24.6 Å². The minimum absolute atomic E-state index is 0.0406. The molecule has 1 aromatic heterocycles.